The molecule has 0 amide bonds. The highest BCUT2D eigenvalue weighted by Gasteiger charge is 2.38. The summed E-state index contributed by atoms with van der Waals surface area (Å²) in [6, 6.07) is 8.70. The Morgan fingerprint density at radius 3 is 2.60 bits per heavy atom. The maximum Gasteiger partial charge on any atom is 0.0408 e. The molecule has 0 saturated carbocycles. The largest absolute Gasteiger partial charge is 0.315 e. The van der Waals surface area contributed by atoms with E-state index in [1.807, 2.05) is 12.1 Å². The van der Waals surface area contributed by atoms with E-state index in [2.05, 4.69) is 43.2 Å². The van der Waals surface area contributed by atoms with Crippen LogP contribution in [0.4, 0.5) is 0 Å². The number of hydrogen-bond donors (Lipinski definition) is 1. The van der Waals surface area contributed by atoms with Gasteiger partial charge in [0.15, 0.2) is 0 Å². The van der Waals surface area contributed by atoms with E-state index >= 15 is 0 Å². The van der Waals surface area contributed by atoms with Gasteiger partial charge in [0, 0.05) is 16.6 Å². The predicted molar refractivity (Wildman–Crippen MR) is 87.5 cm³/mol. The number of hydrogen-bond acceptors (Lipinski definition) is 2. The van der Waals surface area contributed by atoms with Crippen molar-refractivity contribution in [3.63, 3.8) is 0 Å². The molecule has 0 spiro atoms. The van der Waals surface area contributed by atoms with Gasteiger partial charge in [0.2, 0.25) is 0 Å². The molecule has 1 aliphatic rings. The van der Waals surface area contributed by atoms with Crippen LogP contribution in [-0.2, 0) is 6.42 Å². The van der Waals surface area contributed by atoms with Crippen LogP contribution in [0.2, 0.25) is 5.02 Å². The summed E-state index contributed by atoms with van der Waals surface area (Å²) in [4.78, 5) is 2.67. The van der Waals surface area contributed by atoms with E-state index in [-0.39, 0.29) is 5.54 Å². The Morgan fingerprint density at radius 1 is 1.35 bits per heavy atom. The van der Waals surface area contributed by atoms with Crippen LogP contribution in [0, 0.1) is 0 Å². The fraction of sp³-hybridized carbons (Fsp3) is 0.647. The van der Waals surface area contributed by atoms with E-state index in [0.717, 1.165) is 11.4 Å². The first-order valence-electron chi connectivity index (χ1n) is 7.77. The lowest BCUT2D eigenvalue weighted by atomic mass is 9.83. The normalized spacial score (nSPS) is 20.8. The summed E-state index contributed by atoms with van der Waals surface area (Å²) in [5, 5.41) is 4.38. The number of nitrogens with zero attached hydrogens (tertiary/aromatic N) is 1. The molecule has 1 fully saturated rings. The van der Waals surface area contributed by atoms with Crippen LogP contribution >= 0.6 is 11.6 Å². The van der Waals surface area contributed by atoms with E-state index in [1.165, 1.54) is 37.9 Å². The highest BCUT2D eigenvalue weighted by Crippen LogP contribution is 2.30. The molecule has 1 aromatic rings. The molecule has 2 rings (SSSR count). The summed E-state index contributed by atoms with van der Waals surface area (Å²) < 4.78 is 0. The quantitative estimate of drug-likeness (QED) is 0.860. The zero-order valence-electron chi connectivity index (χ0n) is 13.0. The van der Waals surface area contributed by atoms with E-state index < -0.39 is 0 Å². The van der Waals surface area contributed by atoms with Crippen molar-refractivity contribution in [1.29, 1.82) is 0 Å². The number of halogens is 1. The number of benzene rings is 1. The van der Waals surface area contributed by atoms with Gasteiger partial charge < -0.3 is 5.32 Å². The Morgan fingerprint density at radius 2 is 2.05 bits per heavy atom. The molecule has 1 saturated heterocycles. The van der Waals surface area contributed by atoms with E-state index in [9.17, 15) is 0 Å². The Balaban J connectivity index is 2.16. The van der Waals surface area contributed by atoms with Gasteiger partial charge in [-0.05, 0) is 70.4 Å². The fourth-order valence-corrected chi connectivity index (χ4v) is 3.66. The van der Waals surface area contributed by atoms with Gasteiger partial charge in [0.1, 0.15) is 0 Å². The number of likely N-dealkylation sites (tertiary alicyclic amines) is 1. The van der Waals surface area contributed by atoms with Crippen molar-refractivity contribution in [2.45, 2.75) is 51.1 Å². The summed E-state index contributed by atoms with van der Waals surface area (Å²) >= 11 is 6.12. The minimum Gasteiger partial charge on any atom is -0.315 e. The van der Waals surface area contributed by atoms with Gasteiger partial charge in [-0.25, -0.2) is 0 Å². The summed E-state index contributed by atoms with van der Waals surface area (Å²) in [5.74, 6) is 0. The summed E-state index contributed by atoms with van der Waals surface area (Å²) in [6.45, 7) is 7.18. The zero-order chi connectivity index (χ0) is 14.6. The van der Waals surface area contributed by atoms with E-state index in [0.29, 0.717) is 6.04 Å². The molecule has 112 valence electrons. The zero-order valence-corrected chi connectivity index (χ0v) is 13.7. The van der Waals surface area contributed by atoms with Gasteiger partial charge in [0.05, 0.1) is 0 Å². The van der Waals surface area contributed by atoms with E-state index in [1.54, 1.807) is 0 Å². The van der Waals surface area contributed by atoms with Gasteiger partial charge >= 0.3 is 0 Å². The second-order valence-electron chi connectivity index (χ2n) is 6.08. The van der Waals surface area contributed by atoms with Crippen LogP contribution in [0.1, 0.15) is 38.7 Å². The van der Waals surface area contributed by atoms with Gasteiger partial charge in [-0.2, -0.15) is 0 Å². The Labute approximate surface area is 128 Å². The second kappa shape index (κ2) is 6.93. The van der Waals surface area contributed by atoms with Crippen LogP contribution in [-0.4, -0.2) is 36.6 Å². The van der Waals surface area contributed by atoms with Gasteiger partial charge in [-0.3, -0.25) is 4.90 Å². The van der Waals surface area contributed by atoms with Crippen LogP contribution in [0.25, 0.3) is 0 Å². The molecule has 1 N–H and O–H groups in total. The van der Waals surface area contributed by atoms with Crippen molar-refractivity contribution in [3.05, 3.63) is 34.9 Å². The fourth-order valence-electron chi connectivity index (χ4n) is 3.45. The molecule has 0 aromatic heterocycles. The van der Waals surface area contributed by atoms with Gasteiger partial charge in [0.25, 0.3) is 0 Å². The maximum atomic E-state index is 6.12. The third-order valence-corrected chi connectivity index (χ3v) is 5.21. The first-order valence-corrected chi connectivity index (χ1v) is 8.14. The standard InChI is InChI=1S/C17H27ClN2/c1-4-17(2,20-10-5-6-11-20)16(19-3)13-14-8-7-9-15(18)12-14/h7-9,12,16,19H,4-6,10-11,13H2,1-3H3. The molecule has 1 aliphatic heterocycles. The third-order valence-electron chi connectivity index (χ3n) is 4.97. The van der Waals surface area contributed by atoms with Crippen molar-refractivity contribution in [1.82, 2.24) is 10.2 Å². The molecule has 1 heterocycles. The molecule has 3 heteroatoms. The van der Waals surface area contributed by atoms with Crippen molar-refractivity contribution in [3.8, 4) is 0 Å². The molecule has 2 unspecified atom stereocenters. The average Bonchev–Trinajstić information content (AvgIpc) is 2.98. The Hall–Kier alpha value is -0.570. The molecule has 1 aromatic carbocycles. The Bertz CT molecular complexity index is 429. The lowest BCUT2D eigenvalue weighted by molar-refractivity contribution is 0.0873. The van der Waals surface area contributed by atoms with E-state index in [4.69, 9.17) is 11.6 Å². The minimum absolute atomic E-state index is 0.216. The number of likely N-dealkylation sites (N-methyl/N-ethyl adjacent to an activating group) is 1. The first kappa shape index (κ1) is 15.8. The lowest BCUT2D eigenvalue weighted by Gasteiger charge is -2.44. The number of rotatable bonds is 6. The van der Waals surface area contributed by atoms with Crippen molar-refractivity contribution < 1.29 is 0 Å². The van der Waals surface area contributed by atoms with Gasteiger partial charge in [-0.1, -0.05) is 30.7 Å². The average molecular weight is 295 g/mol. The molecule has 0 radical (unpaired) electrons. The number of nitrogens with one attached hydrogen (secondary N) is 1. The summed E-state index contributed by atoms with van der Waals surface area (Å²) in [6.07, 6.45) is 4.86. The molecular formula is C17H27ClN2. The van der Waals surface area contributed by atoms with Crippen molar-refractivity contribution in [2.75, 3.05) is 20.1 Å². The Kier molecular flexibility index (Phi) is 5.48. The third kappa shape index (κ3) is 3.36. The second-order valence-corrected chi connectivity index (χ2v) is 6.52. The van der Waals surface area contributed by atoms with Crippen LogP contribution in [0.15, 0.2) is 24.3 Å². The summed E-state index contributed by atoms with van der Waals surface area (Å²) in [7, 11) is 2.08. The molecule has 0 bridgehead atoms. The highest BCUT2D eigenvalue weighted by molar-refractivity contribution is 6.30. The van der Waals surface area contributed by atoms with Gasteiger partial charge in [-0.15, -0.1) is 0 Å². The molecule has 2 atom stereocenters. The maximum absolute atomic E-state index is 6.12. The SMILES string of the molecule is CCC(C)(C(Cc1cccc(Cl)c1)NC)N1CCCC1. The molecule has 2 nitrogen and oxygen atoms in total. The molecule has 0 aliphatic carbocycles. The predicted octanol–water partition coefficient (Wildman–Crippen LogP) is 3.74. The van der Waals surface area contributed by atoms with Crippen LogP contribution < -0.4 is 5.32 Å². The molecule has 20 heavy (non-hydrogen) atoms. The van der Waals surface area contributed by atoms with Crippen LogP contribution in [0.5, 0.6) is 0 Å². The topological polar surface area (TPSA) is 15.3 Å². The van der Waals surface area contributed by atoms with Crippen molar-refractivity contribution in [2.24, 2.45) is 0 Å². The minimum atomic E-state index is 0.216. The monoisotopic (exact) mass is 294 g/mol. The first-order chi connectivity index (χ1) is 9.60. The van der Waals surface area contributed by atoms with Crippen LogP contribution in [0.3, 0.4) is 0 Å². The lowest BCUT2D eigenvalue weighted by Crippen LogP contribution is -2.58. The summed E-state index contributed by atoms with van der Waals surface area (Å²) in [5.41, 5.74) is 1.53. The smallest absolute Gasteiger partial charge is 0.0408 e. The van der Waals surface area contributed by atoms with Crippen molar-refractivity contribution >= 4 is 11.6 Å². The highest BCUT2D eigenvalue weighted by atomic mass is 35.5. The molecular weight excluding hydrogens is 268 g/mol.